The molecule has 1 saturated heterocycles. The molecule has 0 radical (unpaired) electrons. The van der Waals surface area contributed by atoms with Crippen molar-refractivity contribution in [3.63, 3.8) is 0 Å². The average Bonchev–Trinajstić information content (AvgIpc) is 2.74. The van der Waals surface area contributed by atoms with Gasteiger partial charge in [-0.05, 0) is 38.9 Å². The van der Waals surface area contributed by atoms with Gasteiger partial charge in [0.05, 0.1) is 6.20 Å². The van der Waals surface area contributed by atoms with Gasteiger partial charge in [0.1, 0.15) is 11.4 Å². The van der Waals surface area contributed by atoms with Crippen LogP contribution in [0.1, 0.15) is 23.2 Å². The third-order valence-corrected chi connectivity index (χ3v) is 3.30. The molecule has 0 bridgehead atoms. The highest BCUT2D eigenvalue weighted by atomic mass is 16.1. The molecule has 0 aromatic carbocycles. The summed E-state index contributed by atoms with van der Waals surface area (Å²) in [6, 6.07) is 0. The molecule has 4 N–H and O–H groups in total. The number of anilines is 1. The number of aromatic amines is 1. The minimum atomic E-state index is -0.143. The number of nitrogens with two attached hydrogens (primary N) is 1. The summed E-state index contributed by atoms with van der Waals surface area (Å²) in [5.41, 5.74) is 6.01. The second-order valence-corrected chi connectivity index (χ2v) is 4.65. The van der Waals surface area contributed by atoms with Gasteiger partial charge in [0, 0.05) is 6.54 Å². The van der Waals surface area contributed by atoms with Gasteiger partial charge in [-0.15, -0.1) is 0 Å². The predicted octanol–water partition coefficient (Wildman–Crippen LogP) is 0.0635. The van der Waals surface area contributed by atoms with E-state index in [1.165, 1.54) is 6.20 Å². The summed E-state index contributed by atoms with van der Waals surface area (Å²) < 4.78 is 0. The zero-order chi connectivity index (χ0) is 12.3. The zero-order valence-electron chi connectivity index (χ0n) is 10.1. The van der Waals surface area contributed by atoms with Crippen molar-refractivity contribution in [3.8, 4) is 0 Å². The SMILES string of the molecule is CN1CCC(CNC(=O)c2cn[nH]c2N)CC1. The van der Waals surface area contributed by atoms with E-state index in [0.29, 0.717) is 17.3 Å². The molecule has 94 valence electrons. The number of carbonyl (C=O) groups is 1. The molecule has 6 nitrogen and oxygen atoms in total. The highest BCUT2D eigenvalue weighted by molar-refractivity contribution is 5.98. The Morgan fingerprint density at radius 2 is 2.35 bits per heavy atom. The zero-order valence-corrected chi connectivity index (χ0v) is 10.1. The smallest absolute Gasteiger partial charge is 0.256 e. The molecular weight excluding hydrogens is 218 g/mol. The first-order chi connectivity index (χ1) is 8.16. The van der Waals surface area contributed by atoms with E-state index >= 15 is 0 Å². The lowest BCUT2D eigenvalue weighted by Crippen LogP contribution is -2.36. The van der Waals surface area contributed by atoms with Crippen molar-refractivity contribution in [2.24, 2.45) is 5.92 Å². The van der Waals surface area contributed by atoms with Crippen LogP contribution >= 0.6 is 0 Å². The summed E-state index contributed by atoms with van der Waals surface area (Å²) in [5, 5.41) is 9.20. The van der Waals surface area contributed by atoms with E-state index in [2.05, 4.69) is 27.5 Å². The average molecular weight is 237 g/mol. The molecule has 1 aromatic rings. The van der Waals surface area contributed by atoms with E-state index in [0.717, 1.165) is 32.5 Å². The quantitative estimate of drug-likeness (QED) is 0.694. The Balaban J connectivity index is 1.79. The van der Waals surface area contributed by atoms with Gasteiger partial charge >= 0.3 is 0 Å². The van der Waals surface area contributed by atoms with Gasteiger partial charge in [-0.3, -0.25) is 9.89 Å². The van der Waals surface area contributed by atoms with Crippen molar-refractivity contribution in [2.75, 3.05) is 32.4 Å². The lowest BCUT2D eigenvalue weighted by Gasteiger charge is -2.28. The molecule has 1 aliphatic heterocycles. The van der Waals surface area contributed by atoms with Crippen LogP contribution < -0.4 is 11.1 Å². The first kappa shape index (κ1) is 11.9. The van der Waals surface area contributed by atoms with Gasteiger partial charge in [-0.25, -0.2) is 0 Å². The van der Waals surface area contributed by atoms with Crippen molar-refractivity contribution in [2.45, 2.75) is 12.8 Å². The van der Waals surface area contributed by atoms with Crippen molar-refractivity contribution in [3.05, 3.63) is 11.8 Å². The summed E-state index contributed by atoms with van der Waals surface area (Å²) >= 11 is 0. The Morgan fingerprint density at radius 3 is 2.94 bits per heavy atom. The standard InChI is InChI=1S/C11H19N5O/c1-16-4-2-8(3-5-16)6-13-11(17)9-7-14-15-10(9)12/h7-8H,2-6H2,1H3,(H,13,17)(H3,12,14,15). The molecule has 2 heterocycles. The fourth-order valence-electron chi connectivity index (χ4n) is 2.08. The summed E-state index contributed by atoms with van der Waals surface area (Å²) in [6.07, 6.45) is 3.73. The molecule has 2 rings (SSSR count). The van der Waals surface area contributed by atoms with Crippen LogP contribution in [-0.2, 0) is 0 Å². The number of rotatable bonds is 3. The molecule has 0 aliphatic carbocycles. The normalized spacial score (nSPS) is 18.2. The Kier molecular flexibility index (Phi) is 3.63. The van der Waals surface area contributed by atoms with E-state index in [4.69, 9.17) is 5.73 Å². The van der Waals surface area contributed by atoms with E-state index in [1.807, 2.05) is 0 Å². The molecule has 1 aromatic heterocycles. The van der Waals surface area contributed by atoms with E-state index in [1.54, 1.807) is 0 Å². The van der Waals surface area contributed by atoms with Gasteiger partial charge < -0.3 is 16.0 Å². The van der Waals surface area contributed by atoms with Crippen LogP contribution in [0.25, 0.3) is 0 Å². The maximum Gasteiger partial charge on any atom is 0.256 e. The Morgan fingerprint density at radius 1 is 1.65 bits per heavy atom. The van der Waals surface area contributed by atoms with Crippen molar-refractivity contribution >= 4 is 11.7 Å². The number of likely N-dealkylation sites (tertiary alicyclic amines) is 1. The first-order valence-corrected chi connectivity index (χ1v) is 5.92. The number of piperidine rings is 1. The van der Waals surface area contributed by atoms with Gasteiger partial charge in [0.25, 0.3) is 5.91 Å². The summed E-state index contributed by atoms with van der Waals surface area (Å²) in [5.74, 6) is 0.754. The molecule has 1 amide bonds. The summed E-state index contributed by atoms with van der Waals surface area (Å²) in [6.45, 7) is 2.93. The molecule has 17 heavy (non-hydrogen) atoms. The molecule has 1 aliphatic rings. The monoisotopic (exact) mass is 237 g/mol. The number of hydrogen-bond donors (Lipinski definition) is 3. The van der Waals surface area contributed by atoms with Gasteiger partial charge in [0.15, 0.2) is 0 Å². The molecule has 6 heteroatoms. The summed E-state index contributed by atoms with van der Waals surface area (Å²) in [4.78, 5) is 14.1. The molecule has 1 fully saturated rings. The molecule has 0 atom stereocenters. The molecule has 0 spiro atoms. The third-order valence-electron chi connectivity index (χ3n) is 3.30. The second kappa shape index (κ2) is 5.18. The molecule has 0 saturated carbocycles. The molecule has 0 unspecified atom stereocenters. The Labute approximate surface area is 101 Å². The van der Waals surface area contributed by atoms with E-state index in [9.17, 15) is 4.79 Å². The van der Waals surface area contributed by atoms with Crippen LogP contribution in [0.5, 0.6) is 0 Å². The van der Waals surface area contributed by atoms with Crippen LogP contribution in [-0.4, -0.2) is 47.7 Å². The van der Waals surface area contributed by atoms with Crippen LogP contribution in [0.2, 0.25) is 0 Å². The number of aromatic nitrogens is 2. The number of nitrogens with zero attached hydrogens (tertiary/aromatic N) is 2. The lowest BCUT2D eigenvalue weighted by molar-refractivity contribution is 0.0940. The minimum Gasteiger partial charge on any atom is -0.383 e. The Bertz CT molecular complexity index is 381. The van der Waals surface area contributed by atoms with Crippen molar-refractivity contribution in [1.82, 2.24) is 20.4 Å². The number of nitrogens with one attached hydrogen (secondary N) is 2. The van der Waals surface area contributed by atoms with Crippen LogP contribution in [0.3, 0.4) is 0 Å². The van der Waals surface area contributed by atoms with E-state index in [-0.39, 0.29) is 5.91 Å². The predicted molar refractivity (Wildman–Crippen MR) is 65.6 cm³/mol. The number of carbonyl (C=O) groups excluding carboxylic acids is 1. The maximum absolute atomic E-state index is 11.8. The first-order valence-electron chi connectivity index (χ1n) is 5.92. The largest absolute Gasteiger partial charge is 0.383 e. The fourth-order valence-corrected chi connectivity index (χ4v) is 2.08. The van der Waals surface area contributed by atoms with Gasteiger partial charge in [0.2, 0.25) is 0 Å². The van der Waals surface area contributed by atoms with Crippen LogP contribution in [0.15, 0.2) is 6.20 Å². The van der Waals surface area contributed by atoms with Crippen molar-refractivity contribution in [1.29, 1.82) is 0 Å². The third kappa shape index (κ3) is 2.97. The van der Waals surface area contributed by atoms with Gasteiger partial charge in [-0.1, -0.05) is 0 Å². The highest BCUT2D eigenvalue weighted by Gasteiger charge is 2.18. The number of amides is 1. The minimum absolute atomic E-state index is 0.143. The number of hydrogen-bond acceptors (Lipinski definition) is 4. The number of H-pyrrole nitrogens is 1. The second-order valence-electron chi connectivity index (χ2n) is 4.65. The van der Waals surface area contributed by atoms with E-state index < -0.39 is 0 Å². The fraction of sp³-hybridized carbons (Fsp3) is 0.636. The van der Waals surface area contributed by atoms with Crippen LogP contribution in [0, 0.1) is 5.92 Å². The topological polar surface area (TPSA) is 87.0 Å². The maximum atomic E-state index is 11.8. The highest BCUT2D eigenvalue weighted by Crippen LogP contribution is 2.15. The number of nitrogen functional groups attached to an aromatic ring is 1. The summed E-state index contributed by atoms with van der Waals surface area (Å²) in [7, 11) is 2.13. The Hall–Kier alpha value is -1.56. The molecular formula is C11H19N5O. The van der Waals surface area contributed by atoms with Gasteiger partial charge in [-0.2, -0.15) is 5.10 Å². The van der Waals surface area contributed by atoms with Crippen molar-refractivity contribution < 1.29 is 4.79 Å². The van der Waals surface area contributed by atoms with Crippen LogP contribution in [0.4, 0.5) is 5.82 Å². The lowest BCUT2D eigenvalue weighted by atomic mass is 9.97.